The summed E-state index contributed by atoms with van der Waals surface area (Å²) in [6.07, 6.45) is -3.22. The first-order valence-corrected chi connectivity index (χ1v) is 9.70. The van der Waals surface area contributed by atoms with Crippen LogP contribution in [0.15, 0.2) is 48.0 Å². The monoisotopic (exact) mass is 449 g/mol. The van der Waals surface area contributed by atoms with Crippen LogP contribution in [0.3, 0.4) is 0 Å². The summed E-state index contributed by atoms with van der Waals surface area (Å²) in [4.78, 5) is 4.45. The van der Waals surface area contributed by atoms with Gasteiger partial charge in [0, 0.05) is 17.1 Å². The molecule has 4 rings (SSSR count). The molecule has 0 saturated heterocycles. The first kappa shape index (κ1) is 20.1. The highest BCUT2D eigenvalue weighted by atomic mass is 35.5. The number of hydrogen-bond acceptors (Lipinski definition) is 6. The van der Waals surface area contributed by atoms with Crippen molar-refractivity contribution in [2.75, 3.05) is 12.1 Å². The third-order valence-corrected chi connectivity index (χ3v) is 5.39. The van der Waals surface area contributed by atoms with Gasteiger partial charge in [0.05, 0.1) is 22.0 Å². The van der Waals surface area contributed by atoms with Gasteiger partial charge in [-0.05, 0) is 36.4 Å². The summed E-state index contributed by atoms with van der Waals surface area (Å²) in [5.74, 6) is 1.26. The minimum atomic E-state index is -4.50. The van der Waals surface area contributed by atoms with Crippen LogP contribution in [0.2, 0.25) is 5.02 Å². The van der Waals surface area contributed by atoms with Crippen LogP contribution in [0, 0.1) is 11.3 Å². The van der Waals surface area contributed by atoms with E-state index in [9.17, 15) is 18.4 Å². The molecule has 5 nitrogen and oxygen atoms in total. The van der Waals surface area contributed by atoms with Crippen LogP contribution in [0.1, 0.15) is 10.6 Å². The summed E-state index contributed by atoms with van der Waals surface area (Å²) < 4.78 is 49.4. The molecule has 1 aliphatic heterocycles. The van der Waals surface area contributed by atoms with Crippen LogP contribution < -0.4 is 14.8 Å². The van der Waals surface area contributed by atoms with Gasteiger partial charge >= 0.3 is 6.18 Å². The van der Waals surface area contributed by atoms with Crippen molar-refractivity contribution in [1.29, 1.82) is 5.26 Å². The molecule has 1 aliphatic rings. The van der Waals surface area contributed by atoms with E-state index in [1.54, 1.807) is 17.5 Å². The molecule has 0 spiro atoms. The summed E-state index contributed by atoms with van der Waals surface area (Å²) in [6.45, 7) is 0.159. The van der Waals surface area contributed by atoms with Gasteiger partial charge in [-0.1, -0.05) is 11.6 Å². The molecule has 0 saturated carbocycles. The summed E-state index contributed by atoms with van der Waals surface area (Å²) in [5, 5.41) is 14.4. The van der Waals surface area contributed by atoms with E-state index in [1.165, 1.54) is 17.5 Å². The van der Waals surface area contributed by atoms with E-state index in [1.807, 2.05) is 12.1 Å². The van der Waals surface area contributed by atoms with Crippen LogP contribution in [-0.4, -0.2) is 11.8 Å². The number of alkyl halides is 3. The Morgan fingerprint density at radius 2 is 2.00 bits per heavy atom. The number of halogens is 4. The number of allylic oxidation sites excluding steroid dienone is 1. The molecule has 0 unspecified atom stereocenters. The van der Waals surface area contributed by atoms with Crippen molar-refractivity contribution in [2.45, 2.75) is 6.18 Å². The highest BCUT2D eigenvalue weighted by Gasteiger charge is 2.30. The number of thiazole rings is 1. The Hall–Kier alpha value is -3.22. The van der Waals surface area contributed by atoms with Crippen LogP contribution in [0.5, 0.6) is 11.5 Å². The second kappa shape index (κ2) is 7.89. The maximum absolute atomic E-state index is 12.9. The van der Waals surface area contributed by atoms with Crippen molar-refractivity contribution >= 4 is 34.2 Å². The lowest BCUT2D eigenvalue weighted by Crippen LogP contribution is -2.05. The number of anilines is 1. The van der Waals surface area contributed by atoms with Gasteiger partial charge in [0.2, 0.25) is 6.79 Å². The zero-order valence-corrected chi connectivity index (χ0v) is 16.5. The second-order valence-corrected chi connectivity index (χ2v) is 7.38. The first-order valence-electron chi connectivity index (χ1n) is 8.44. The van der Waals surface area contributed by atoms with E-state index in [0.29, 0.717) is 22.2 Å². The molecule has 2 heterocycles. The molecule has 0 bridgehead atoms. The summed E-state index contributed by atoms with van der Waals surface area (Å²) in [7, 11) is 0. The third-order valence-electron chi connectivity index (χ3n) is 4.19. The number of fused-ring (bicyclic) bond motifs is 1. The Bertz CT molecular complexity index is 1180. The average molecular weight is 450 g/mol. The van der Waals surface area contributed by atoms with Crippen molar-refractivity contribution in [3.63, 3.8) is 0 Å². The smallest absolute Gasteiger partial charge is 0.416 e. The molecular weight excluding hydrogens is 439 g/mol. The van der Waals surface area contributed by atoms with E-state index in [-0.39, 0.29) is 23.1 Å². The topological polar surface area (TPSA) is 67.2 Å². The second-order valence-electron chi connectivity index (χ2n) is 6.11. The number of nitrogens with one attached hydrogen (secondary N) is 1. The molecule has 1 N–H and O–H groups in total. The van der Waals surface area contributed by atoms with Gasteiger partial charge in [0.15, 0.2) is 11.5 Å². The van der Waals surface area contributed by atoms with Crippen LogP contribution in [0.25, 0.3) is 16.8 Å². The standard InChI is InChI=1S/C20H11ClF3N3O2S/c21-14-3-2-13(20(22,23)24)6-15(14)26-8-12(7-25)19-27-16(9-30-19)11-1-4-17-18(5-11)29-10-28-17/h1-6,8-9,26H,10H2. The minimum Gasteiger partial charge on any atom is -0.454 e. The van der Waals surface area contributed by atoms with Gasteiger partial charge in [0.1, 0.15) is 16.6 Å². The molecule has 0 fully saturated rings. The fourth-order valence-corrected chi connectivity index (χ4v) is 3.66. The molecule has 3 aromatic rings. The number of hydrogen-bond donors (Lipinski definition) is 1. The molecule has 152 valence electrons. The van der Waals surface area contributed by atoms with Crippen molar-refractivity contribution in [3.8, 4) is 28.8 Å². The molecule has 0 amide bonds. The lowest BCUT2D eigenvalue weighted by atomic mass is 10.1. The molecule has 0 aliphatic carbocycles. The maximum atomic E-state index is 12.9. The van der Waals surface area contributed by atoms with Crippen LogP contribution in [-0.2, 0) is 6.18 Å². The molecular formula is C20H11ClF3N3O2S. The van der Waals surface area contributed by atoms with Gasteiger partial charge in [-0.2, -0.15) is 18.4 Å². The quantitative estimate of drug-likeness (QED) is 0.481. The molecule has 1 aromatic heterocycles. The van der Waals surface area contributed by atoms with Crippen LogP contribution >= 0.6 is 22.9 Å². The largest absolute Gasteiger partial charge is 0.454 e. The van der Waals surface area contributed by atoms with Gasteiger partial charge in [0.25, 0.3) is 0 Å². The highest BCUT2D eigenvalue weighted by Crippen LogP contribution is 2.37. The van der Waals surface area contributed by atoms with Gasteiger partial charge in [-0.15, -0.1) is 11.3 Å². The Labute approximate surface area is 178 Å². The van der Waals surface area contributed by atoms with Crippen molar-refractivity contribution < 1.29 is 22.6 Å². The molecule has 10 heteroatoms. The maximum Gasteiger partial charge on any atom is 0.416 e. The Balaban J connectivity index is 1.58. The van der Waals surface area contributed by atoms with E-state index < -0.39 is 11.7 Å². The number of ether oxygens (including phenoxy) is 2. The minimum absolute atomic E-state index is 0.0341. The highest BCUT2D eigenvalue weighted by molar-refractivity contribution is 7.11. The van der Waals surface area contributed by atoms with E-state index in [4.69, 9.17) is 21.1 Å². The normalized spacial score (nSPS) is 13.2. The zero-order chi connectivity index (χ0) is 21.3. The van der Waals surface area contributed by atoms with Gasteiger partial charge < -0.3 is 14.8 Å². The lowest BCUT2D eigenvalue weighted by Gasteiger charge is -2.10. The van der Waals surface area contributed by atoms with Crippen molar-refractivity contribution in [1.82, 2.24) is 4.98 Å². The number of rotatable bonds is 4. The Morgan fingerprint density at radius 1 is 1.20 bits per heavy atom. The molecule has 2 aromatic carbocycles. The van der Waals surface area contributed by atoms with Gasteiger partial charge in [-0.25, -0.2) is 4.98 Å². The van der Waals surface area contributed by atoms with Gasteiger partial charge in [-0.3, -0.25) is 0 Å². The SMILES string of the molecule is N#CC(=CNc1cc(C(F)(F)F)ccc1Cl)c1nc(-c2ccc3c(c2)OCO3)cs1. The number of benzene rings is 2. The summed E-state index contributed by atoms with van der Waals surface area (Å²) in [5.41, 5.74) is 0.757. The van der Waals surface area contributed by atoms with Crippen molar-refractivity contribution in [3.05, 3.63) is 63.6 Å². The predicted octanol–water partition coefficient (Wildman–Crippen LogP) is 6.19. The third kappa shape index (κ3) is 4.06. The van der Waals surface area contributed by atoms with E-state index in [0.717, 1.165) is 23.8 Å². The number of nitriles is 1. The predicted molar refractivity (Wildman–Crippen MR) is 107 cm³/mol. The average Bonchev–Trinajstić information content (AvgIpc) is 3.37. The Kier molecular flexibility index (Phi) is 5.28. The zero-order valence-electron chi connectivity index (χ0n) is 15.0. The number of aromatic nitrogens is 1. The Morgan fingerprint density at radius 3 is 2.77 bits per heavy atom. The van der Waals surface area contributed by atoms with E-state index in [2.05, 4.69) is 10.3 Å². The van der Waals surface area contributed by atoms with Crippen molar-refractivity contribution in [2.24, 2.45) is 0 Å². The number of nitrogens with zero attached hydrogens (tertiary/aromatic N) is 2. The first-order chi connectivity index (χ1) is 14.3. The summed E-state index contributed by atoms with van der Waals surface area (Å²) in [6, 6.07) is 10.3. The van der Waals surface area contributed by atoms with Crippen LogP contribution in [0.4, 0.5) is 18.9 Å². The fraction of sp³-hybridized carbons (Fsp3) is 0.100. The van der Waals surface area contributed by atoms with E-state index >= 15 is 0 Å². The summed E-state index contributed by atoms with van der Waals surface area (Å²) >= 11 is 7.20. The molecule has 30 heavy (non-hydrogen) atoms. The molecule has 0 radical (unpaired) electrons. The lowest BCUT2D eigenvalue weighted by molar-refractivity contribution is -0.137. The fourth-order valence-electron chi connectivity index (χ4n) is 2.69. The molecule has 0 atom stereocenters.